The first-order chi connectivity index (χ1) is 16.1. The molecule has 1 N–H and O–H groups in total. The number of piperidine rings is 1. The van der Waals surface area contributed by atoms with Gasteiger partial charge in [0.25, 0.3) is 5.91 Å². The number of amides is 1. The third kappa shape index (κ3) is 4.41. The number of fused-ring (bicyclic) bond motifs is 1. The molecule has 1 aliphatic heterocycles. The number of aromatic nitrogens is 4. The lowest BCUT2D eigenvalue weighted by molar-refractivity contribution is 0.0782. The van der Waals surface area contributed by atoms with Gasteiger partial charge in [0.15, 0.2) is 0 Å². The molecule has 7 heteroatoms. The van der Waals surface area contributed by atoms with E-state index in [1.165, 1.54) is 5.69 Å². The van der Waals surface area contributed by atoms with E-state index in [0.29, 0.717) is 12.1 Å². The zero-order valence-corrected chi connectivity index (χ0v) is 19.2. The Kier molecular flexibility index (Phi) is 5.96. The number of hydrogen-bond donors (Lipinski definition) is 1. The molecule has 0 bridgehead atoms. The van der Waals surface area contributed by atoms with Gasteiger partial charge in [-0.25, -0.2) is 4.98 Å². The van der Waals surface area contributed by atoms with Gasteiger partial charge >= 0.3 is 0 Å². The van der Waals surface area contributed by atoms with Crippen molar-refractivity contribution in [2.75, 3.05) is 20.1 Å². The van der Waals surface area contributed by atoms with Crippen molar-refractivity contribution in [3.63, 3.8) is 0 Å². The Morgan fingerprint density at radius 3 is 2.85 bits per heavy atom. The van der Waals surface area contributed by atoms with E-state index in [9.17, 15) is 4.79 Å². The second kappa shape index (κ2) is 9.19. The number of benzene rings is 1. The highest BCUT2D eigenvalue weighted by molar-refractivity contribution is 5.95. The average molecular weight is 443 g/mol. The summed E-state index contributed by atoms with van der Waals surface area (Å²) in [6.45, 7) is 5.44. The van der Waals surface area contributed by atoms with Gasteiger partial charge in [0.1, 0.15) is 5.65 Å². The maximum Gasteiger partial charge on any atom is 0.257 e. The topological polar surface area (TPSA) is 69.5 Å². The van der Waals surface area contributed by atoms with Crippen LogP contribution in [0.2, 0.25) is 0 Å². The molecule has 0 unspecified atom stereocenters. The fourth-order valence-electron chi connectivity index (χ4n) is 4.91. The Labute approximate surface area is 194 Å². The Bertz CT molecular complexity index is 1240. The number of likely N-dealkylation sites (tertiary alicyclic amines) is 1. The maximum absolute atomic E-state index is 13.2. The molecule has 0 saturated carbocycles. The van der Waals surface area contributed by atoms with Crippen LogP contribution in [-0.4, -0.2) is 55.4 Å². The summed E-state index contributed by atoms with van der Waals surface area (Å²) in [4.78, 5) is 22.2. The Morgan fingerprint density at radius 1 is 1.18 bits per heavy atom. The molecule has 0 radical (unpaired) electrons. The molecule has 1 aliphatic rings. The fourth-order valence-corrected chi connectivity index (χ4v) is 4.91. The third-order valence-electron chi connectivity index (χ3n) is 6.62. The Hall–Kier alpha value is -3.45. The number of nitrogens with zero attached hydrogens (tertiary/aromatic N) is 5. The quantitative estimate of drug-likeness (QED) is 0.490. The van der Waals surface area contributed by atoms with E-state index in [2.05, 4.69) is 32.6 Å². The number of hydrogen-bond acceptors (Lipinski definition) is 4. The number of rotatable bonds is 6. The van der Waals surface area contributed by atoms with Gasteiger partial charge in [-0.1, -0.05) is 36.4 Å². The van der Waals surface area contributed by atoms with Crippen LogP contribution in [0.25, 0.3) is 5.65 Å². The standard InChI is InChI=1S/C26H30N6O/c1-19-23(32-14-7-6-12-24(32)28-19)18-31-13-8-11-21(17-31)25-22(15-27-29-25)26(33)30(2)16-20-9-4-3-5-10-20/h3-7,9-10,12,14-15,21H,8,11,13,16-18H2,1-2H3,(H,27,29)/t21-/m0/s1. The molecule has 0 spiro atoms. The van der Waals surface area contributed by atoms with Gasteiger partial charge in [-0.05, 0) is 44.0 Å². The lowest BCUT2D eigenvalue weighted by Crippen LogP contribution is -2.35. The number of imidazole rings is 1. The van der Waals surface area contributed by atoms with Gasteiger partial charge in [-0.3, -0.25) is 14.8 Å². The van der Waals surface area contributed by atoms with Crippen LogP contribution >= 0.6 is 0 Å². The molecule has 7 nitrogen and oxygen atoms in total. The van der Waals surface area contributed by atoms with Crippen LogP contribution in [-0.2, 0) is 13.1 Å². The van der Waals surface area contributed by atoms with Crippen molar-refractivity contribution >= 4 is 11.6 Å². The van der Waals surface area contributed by atoms with Crippen LogP contribution in [0, 0.1) is 6.92 Å². The smallest absolute Gasteiger partial charge is 0.257 e. The first kappa shape index (κ1) is 21.4. The van der Waals surface area contributed by atoms with Crippen molar-refractivity contribution in [1.29, 1.82) is 0 Å². The van der Waals surface area contributed by atoms with E-state index in [-0.39, 0.29) is 11.8 Å². The molecule has 1 fully saturated rings. The highest BCUT2D eigenvalue weighted by Crippen LogP contribution is 2.30. The van der Waals surface area contributed by atoms with Crippen molar-refractivity contribution in [1.82, 2.24) is 29.4 Å². The normalized spacial score (nSPS) is 16.8. The summed E-state index contributed by atoms with van der Waals surface area (Å²) < 4.78 is 2.18. The summed E-state index contributed by atoms with van der Waals surface area (Å²) in [7, 11) is 1.85. The van der Waals surface area contributed by atoms with Gasteiger partial charge in [-0.2, -0.15) is 5.10 Å². The first-order valence-corrected chi connectivity index (χ1v) is 11.6. The van der Waals surface area contributed by atoms with Crippen LogP contribution in [0.15, 0.2) is 60.9 Å². The van der Waals surface area contributed by atoms with Crippen molar-refractivity contribution < 1.29 is 4.79 Å². The highest BCUT2D eigenvalue weighted by Gasteiger charge is 2.28. The molecular formula is C26H30N6O. The molecule has 0 aliphatic carbocycles. The number of pyridine rings is 1. The van der Waals surface area contributed by atoms with Gasteiger partial charge in [-0.15, -0.1) is 0 Å². The number of carbonyl (C=O) groups excluding carboxylic acids is 1. The molecular weight excluding hydrogens is 412 g/mol. The van der Waals surface area contributed by atoms with Crippen LogP contribution in [0.3, 0.4) is 0 Å². The van der Waals surface area contributed by atoms with Crippen LogP contribution in [0.5, 0.6) is 0 Å². The zero-order valence-electron chi connectivity index (χ0n) is 19.2. The number of H-pyrrole nitrogens is 1. The van der Waals surface area contributed by atoms with Gasteiger partial charge < -0.3 is 9.30 Å². The molecule has 1 aromatic carbocycles. The minimum absolute atomic E-state index is 0.0114. The van der Waals surface area contributed by atoms with Gasteiger partial charge in [0, 0.05) is 38.8 Å². The number of aromatic amines is 1. The summed E-state index contributed by atoms with van der Waals surface area (Å²) >= 11 is 0. The van der Waals surface area contributed by atoms with Crippen LogP contribution < -0.4 is 0 Å². The predicted molar refractivity (Wildman–Crippen MR) is 128 cm³/mol. The largest absolute Gasteiger partial charge is 0.337 e. The van der Waals surface area contributed by atoms with Gasteiger partial charge in [0.05, 0.1) is 28.8 Å². The second-order valence-corrected chi connectivity index (χ2v) is 8.99. The Morgan fingerprint density at radius 2 is 2.00 bits per heavy atom. The molecule has 3 aromatic heterocycles. The monoisotopic (exact) mass is 442 g/mol. The highest BCUT2D eigenvalue weighted by atomic mass is 16.2. The molecule has 170 valence electrons. The molecule has 1 atom stereocenters. The summed E-state index contributed by atoms with van der Waals surface area (Å²) in [6, 6.07) is 16.2. The summed E-state index contributed by atoms with van der Waals surface area (Å²) in [6.07, 6.45) is 5.91. The van der Waals surface area contributed by atoms with Crippen LogP contribution in [0.4, 0.5) is 0 Å². The lowest BCUT2D eigenvalue weighted by atomic mass is 9.92. The molecule has 4 aromatic rings. The minimum Gasteiger partial charge on any atom is -0.337 e. The van der Waals surface area contributed by atoms with E-state index in [1.807, 2.05) is 55.6 Å². The molecule has 33 heavy (non-hydrogen) atoms. The number of nitrogens with one attached hydrogen (secondary N) is 1. The van der Waals surface area contributed by atoms with E-state index in [4.69, 9.17) is 4.98 Å². The second-order valence-electron chi connectivity index (χ2n) is 8.99. The van der Waals surface area contributed by atoms with Crippen molar-refractivity contribution in [3.8, 4) is 0 Å². The maximum atomic E-state index is 13.2. The first-order valence-electron chi connectivity index (χ1n) is 11.6. The van der Waals surface area contributed by atoms with Gasteiger partial charge in [0.2, 0.25) is 0 Å². The Balaban J connectivity index is 1.31. The zero-order chi connectivity index (χ0) is 22.8. The molecule has 5 rings (SSSR count). The molecule has 4 heterocycles. The van der Waals surface area contributed by atoms with E-state index in [0.717, 1.165) is 55.1 Å². The van der Waals surface area contributed by atoms with E-state index < -0.39 is 0 Å². The number of carbonyl (C=O) groups is 1. The number of aryl methyl sites for hydroxylation is 1. The molecule has 1 saturated heterocycles. The molecule has 1 amide bonds. The lowest BCUT2D eigenvalue weighted by Gasteiger charge is -2.32. The van der Waals surface area contributed by atoms with Crippen molar-refractivity contribution in [2.45, 2.75) is 38.8 Å². The fraction of sp³-hybridized carbons (Fsp3) is 0.346. The third-order valence-corrected chi connectivity index (χ3v) is 6.62. The SMILES string of the molecule is Cc1nc2ccccn2c1CN1CCC[C@H](c2[nH]ncc2C(=O)N(C)Cc2ccccc2)C1. The van der Waals surface area contributed by atoms with E-state index >= 15 is 0 Å². The summed E-state index contributed by atoms with van der Waals surface area (Å²) in [5.74, 6) is 0.266. The summed E-state index contributed by atoms with van der Waals surface area (Å²) in [5.41, 5.74) is 6.05. The van der Waals surface area contributed by atoms with Crippen molar-refractivity contribution in [2.24, 2.45) is 0 Å². The van der Waals surface area contributed by atoms with Crippen LogP contribution in [0.1, 0.15) is 51.8 Å². The van der Waals surface area contributed by atoms with E-state index in [1.54, 1.807) is 11.1 Å². The summed E-state index contributed by atoms with van der Waals surface area (Å²) in [5, 5.41) is 7.41. The average Bonchev–Trinajstić information content (AvgIpc) is 3.44. The van der Waals surface area contributed by atoms with Crippen molar-refractivity contribution in [3.05, 3.63) is 89.1 Å². The minimum atomic E-state index is 0.0114. The predicted octanol–water partition coefficient (Wildman–Crippen LogP) is 4.02.